The number of benzene rings is 2. The third-order valence-electron chi connectivity index (χ3n) is 3.35. The fraction of sp³-hybridized carbons (Fsp3) is 0.0667. The Labute approximate surface area is 123 Å². The summed E-state index contributed by atoms with van der Waals surface area (Å²) in [6.07, 6.45) is 0. The predicted molar refractivity (Wildman–Crippen MR) is 80.6 cm³/mol. The number of aromatic carboxylic acids is 1. The molecule has 3 rings (SSSR count). The maximum Gasteiger partial charge on any atom is 0.337 e. The van der Waals surface area contributed by atoms with Gasteiger partial charge in [-0.3, -0.25) is 4.79 Å². The predicted octanol–water partition coefficient (Wildman–Crippen LogP) is 3.04. The van der Waals surface area contributed by atoms with E-state index in [1.54, 1.807) is 18.2 Å². The molecule has 5 nitrogen and oxygen atoms in total. The van der Waals surface area contributed by atoms with Crippen molar-refractivity contribution in [3.63, 3.8) is 0 Å². The van der Waals surface area contributed by atoms with Crippen molar-refractivity contribution in [2.75, 3.05) is 7.11 Å². The van der Waals surface area contributed by atoms with Gasteiger partial charge >= 0.3 is 5.97 Å². The quantitative estimate of drug-likeness (QED) is 0.713. The molecular weight excluding hydrogens is 294 g/mol. The van der Waals surface area contributed by atoms with Gasteiger partial charge in [-0.2, -0.15) is 0 Å². The number of rotatable bonds is 2. The number of carbonyl (C=O) groups is 1. The second-order valence-corrected chi connectivity index (χ2v) is 4.89. The highest BCUT2D eigenvalue weighted by molar-refractivity contribution is 6.36. The first-order valence-electron chi connectivity index (χ1n) is 6.09. The normalized spacial score (nSPS) is 11.0. The number of ether oxygens (including phenoxy) is 1. The van der Waals surface area contributed by atoms with Crippen LogP contribution in [-0.4, -0.2) is 23.2 Å². The van der Waals surface area contributed by atoms with Crippen molar-refractivity contribution in [2.24, 2.45) is 0 Å². The zero-order valence-corrected chi connectivity index (χ0v) is 11.7. The van der Waals surface area contributed by atoms with E-state index in [0.717, 1.165) is 0 Å². The molecule has 3 aromatic rings. The van der Waals surface area contributed by atoms with Crippen LogP contribution < -0.4 is 10.2 Å². The van der Waals surface area contributed by atoms with Gasteiger partial charge in [-0.25, -0.2) is 4.79 Å². The molecule has 21 heavy (non-hydrogen) atoms. The molecular formula is C15H10ClNO4. The number of nitrogens with one attached hydrogen (secondary N) is 1. The molecule has 2 aromatic carbocycles. The average molecular weight is 304 g/mol. The van der Waals surface area contributed by atoms with Crippen LogP contribution in [0, 0.1) is 0 Å². The lowest BCUT2D eigenvalue weighted by Gasteiger charge is -2.09. The Kier molecular flexibility index (Phi) is 3.07. The van der Waals surface area contributed by atoms with Gasteiger partial charge in [0, 0.05) is 5.39 Å². The van der Waals surface area contributed by atoms with E-state index in [2.05, 4.69) is 4.98 Å². The maximum atomic E-state index is 12.6. The maximum absolute atomic E-state index is 12.6. The molecule has 1 aromatic heterocycles. The van der Waals surface area contributed by atoms with E-state index in [-0.39, 0.29) is 26.9 Å². The van der Waals surface area contributed by atoms with Gasteiger partial charge in [-0.15, -0.1) is 0 Å². The van der Waals surface area contributed by atoms with Crippen LogP contribution in [0.5, 0.6) is 5.75 Å². The molecule has 0 aliphatic rings. The van der Waals surface area contributed by atoms with Crippen LogP contribution in [0.1, 0.15) is 10.4 Å². The summed E-state index contributed by atoms with van der Waals surface area (Å²) < 4.78 is 5.21. The van der Waals surface area contributed by atoms with E-state index in [0.29, 0.717) is 16.7 Å². The van der Waals surface area contributed by atoms with Gasteiger partial charge in [0.25, 0.3) is 0 Å². The van der Waals surface area contributed by atoms with Crippen LogP contribution in [-0.2, 0) is 0 Å². The number of halogens is 1. The molecule has 0 aliphatic carbocycles. The molecule has 0 spiro atoms. The minimum Gasteiger partial charge on any atom is -0.495 e. The van der Waals surface area contributed by atoms with Gasteiger partial charge in [-0.05, 0) is 24.3 Å². The fourth-order valence-corrected chi connectivity index (χ4v) is 2.63. The highest BCUT2D eigenvalue weighted by Gasteiger charge is 2.17. The molecule has 6 heteroatoms. The molecule has 0 bridgehead atoms. The summed E-state index contributed by atoms with van der Waals surface area (Å²) in [6.45, 7) is 0. The van der Waals surface area contributed by atoms with Gasteiger partial charge in [-0.1, -0.05) is 17.7 Å². The van der Waals surface area contributed by atoms with Crippen molar-refractivity contribution in [3.05, 3.63) is 51.1 Å². The highest BCUT2D eigenvalue weighted by atomic mass is 35.5. The van der Waals surface area contributed by atoms with Gasteiger partial charge in [0.2, 0.25) is 0 Å². The van der Waals surface area contributed by atoms with Gasteiger partial charge < -0.3 is 14.8 Å². The summed E-state index contributed by atoms with van der Waals surface area (Å²) in [4.78, 5) is 26.9. The van der Waals surface area contributed by atoms with Crippen LogP contribution in [0.3, 0.4) is 0 Å². The summed E-state index contributed by atoms with van der Waals surface area (Å²) in [5, 5.41) is 10.0. The number of aromatic nitrogens is 1. The van der Waals surface area contributed by atoms with Crippen molar-refractivity contribution in [1.29, 1.82) is 0 Å². The number of methoxy groups -OCH3 is 1. The van der Waals surface area contributed by atoms with Crippen molar-refractivity contribution in [2.45, 2.75) is 0 Å². The Morgan fingerprint density at radius 2 is 2.00 bits per heavy atom. The fourth-order valence-electron chi connectivity index (χ4n) is 2.39. The van der Waals surface area contributed by atoms with Crippen LogP contribution in [0.2, 0.25) is 5.02 Å². The van der Waals surface area contributed by atoms with Crippen molar-refractivity contribution >= 4 is 39.4 Å². The number of carboxylic acid groups (broad SMARTS) is 1. The largest absolute Gasteiger partial charge is 0.495 e. The first-order valence-corrected chi connectivity index (χ1v) is 6.47. The van der Waals surface area contributed by atoms with E-state index in [4.69, 9.17) is 16.3 Å². The number of para-hydroxylation sites is 1. The number of H-pyrrole nitrogens is 1. The lowest BCUT2D eigenvalue weighted by molar-refractivity contribution is 0.0699. The van der Waals surface area contributed by atoms with Gasteiger partial charge in [0.05, 0.1) is 34.1 Å². The van der Waals surface area contributed by atoms with E-state index >= 15 is 0 Å². The Bertz CT molecular complexity index is 946. The highest BCUT2D eigenvalue weighted by Crippen LogP contribution is 2.28. The number of carboxylic acids is 1. The van der Waals surface area contributed by atoms with Crippen molar-refractivity contribution in [3.8, 4) is 5.75 Å². The summed E-state index contributed by atoms with van der Waals surface area (Å²) in [5.41, 5.74) is 0.296. The van der Waals surface area contributed by atoms with E-state index < -0.39 is 5.97 Å². The van der Waals surface area contributed by atoms with Crippen LogP contribution in [0.4, 0.5) is 0 Å². The number of fused-ring (bicyclic) bond motifs is 2. The second-order valence-electron chi connectivity index (χ2n) is 4.49. The van der Waals surface area contributed by atoms with E-state index in [9.17, 15) is 14.7 Å². The molecule has 0 radical (unpaired) electrons. The van der Waals surface area contributed by atoms with E-state index in [1.807, 2.05) is 0 Å². The SMILES string of the molecule is COc1cccc2c(=O)c3c(Cl)ccc(C(=O)O)c3[nH]c12. The monoisotopic (exact) mass is 303 g/mol. The van der Waals surface area contributed by atoms with Crippen molar-refractivity contribution in [1.82, 2.24) is 4.98 Å². The lowest BCUT2D eigenvalue weighted by Crippen LogP contribution is -2.09. The molecule has 0 amide bonds. The molecule has 0 saturated heterocycles. The molecule has 0 fully saturated rings. The van der Waals surface area contributed by atoms with Gasteiger partial charge in [0.1, 0.15) is 5.75 Å². The Morgan fingerprint density at radius 3 is 2.67 bits per heavy atom. The Morgan fingerprint density at radius 1 is 1.24 bits per heavy atom. The summed E-state index contributed by atoms with van der Waals surface area (Å²) in [5.74, 6) is -0.677. The molecule has 2 N–H and O–H groups in total. The first-order chi connectivity index (χ1) is 10.0. The molecule has 106 valence electrons. The summed E-state index contributed by atoms with van der Waals surface area (Å²) in [6, 6.07) is 7.80. The molecule has 0 unspecified atom stereocenters. The zero-order chi connectivity index (χ0) is 15.1. The average Bonchev–Trinajstić information content (AvgIpc) is 2.46. The zero-order valence-electron chi connectivity index (χ0n) is 10.9. The standard InChI is InChI=1S/C15H10ClNO4/c1-21-10-4-2-3-7-12(10)17-13-8(15(19)20)5-6-9(16)11(13)14(7)18/h2-6H,1H3,(H,17,18)(H,19,20). The number of hydrogen-bond acceptors (Lipinski definition) is 3. The van der Waals surface area contributed by atoms with Crippen LogP contribution >= 0.6 is 11.6 Å². The summed E-state index contributed by atoms with van der Waals surface area (Å²) in [7, 11) is 1.48. The second kappa shape index (κ2) is 4.79. The molecule has 0 aliphatic heterocycles. The van der Waals surface area contributed by atoms with Crippen LogP contribution in [0.15, 0.2) is 35.1 Å². The number of pyridine rings is 1. The third-order valence-corrected chi connectivity index (χ3v) is 3.67. The third kappa shape index (κ3) is 1.94. The van der Waals surface area contributed by atoms with E-state index in [1.165, 1.54) is 19.2 Å². The number of aromatic amines is 1. The number of hydrogen-bond donors (Lipinski definition) is 2. The Balaban J connectivity index is 2.63. The topological polar surface area (TPSA) is 79.4 Å². The summed E-state index contributed by atoms with van der Waals surface area (Å²) >= 11 is 6.07. The lowest BCUT2D eigenvalue weighted by atomic mass is 10.1. The minimum absolute atomic E-state index is 0.0145. The minimum atomic E-state index is -1.14. The first kappa shape index (κ1) is 13.5. The molecule has 0 saturated carbocycles. The smallest absolute Gasteiger partial charge is 0.337 e. The molecule has 0 atom stereocenters. The molecule has 1 heterocycles. The van der Waals surface area contributed by atoms with Crippen LogP contribution in [0.25, 0.3) is 21.8 Å². The van der Waals surface area contributed by atoms with Crippen molar-refractivity contribution < 1.29 is 14.6 Å². The van der Waals surface area contributed by atoms with Gasteiger partial charge in [0.15, 0.2) is 5.43 Å². The Hall–Kier alpha value is -2.53.